The number of nitrogens with one attached hydrogen (secondary N) is 1. The minimum Gasteiger partial charge on any atom is -0.366 e. The molecule has 3 N–H and O–H groups in total. The number of carbonyl (C=O) groups is 2. The molecule has 1 aliphatic heterocycles. The Morgan fingerprint density at radius 2 is 1.88 bits per heavy atom. The number of nitrogens with zero attached hydrogens (tertiary/aromatic N) is 1. The standard InChI is InChI=1S/C21H25N3O2/c1-15-5-4-12-24(13-15)14-16-8-10-17(11-9-16)21(26)23-19-7-3-2-6-18(19)20(22)25/h2-3,6-11,15H,4-5,12-14H2,1H3,(H2,22,25)(H,23,26). The molecule has 26 heavy (non-hydrogen) atoms. The van der Waals surface area contributed by atoms with Crippen LogP contribution in [0.25, 0.3) is 0 Å². The molecule has 3 rings (SSSR count). The van der Waals surface area contributed by atoms with Crippen molar-refractivity contribution in [3.05, 3.63) is 65.2 Å². The Morgan fingerprint density at radius 1 is 1.15 bits per heavy atom. The fourth-order valence-electron chi connectivity index (χ4n) is 3.45. The summed E-state index contributed by atoms with van der Waals surface area (Å²) in [6.07, 6.45) is 2.56. The number of primary amides is 1. The second kappa shape index (κ2) is 8.15. The SMILES string of the molecule is CC1CCCN(Cc2ccc(C(=O)Nc3ccccc3C(N)=O)cc2)C1. The van der Waals surface area contributed by atoms with Gasteiger partial charge in [0.05, 0.1) is 11.3 Å². The molecular weight excluding hydrogens is 326 g/mol. The highest BCUT2D eigenvalue weighted by molar-refractivity contribution is 6.08. The van der Waals surface area contributed by atoms with E-state index in [4.69, 9.17) is 5.73 Å². The third-order valence-electron chi connectivity index (χ3n) is 4.80. The summed E-state index contributed by atoms with van der Waals surface area (Å²) in [5.74, 6) is -0.0667. The zero-order chi connectivity index (χ0) is 18.5. The molecule has 0 aliphatic carbocycles. The number of amides is 2. The monoisotopic (exact) mass is 351 g/mol. The average Bonchev–Trinajstić information content (AvgIpc) is 2.62. The lowest BCUT2D eigenvalue weighted by Crippen LogP contribution is -2.33. The summed E-state index contributed by atoms with van der Waals surface area (Å²) >= 11 is 0. The summed E-state index contributed by atoms with van der Waals surface area (Å²) in [7, 11) is 0. The fourth-order valence-corrected chi connectivity index (χ4v) is 3.45. The van der Waals surface area contributed by atoms with Crippen molar-refractivity contribution in [3.8, 4) is 0 Å². The molecule has 0 spiro atoms. The Morgan fingerprint density at radius 3 is 2.58 bits per heavy atom. The van der Waals surface area contributed by atoms with Gasteiger partial charge in [-0.05, 0) is 55.1 Å². The summed E-state index contributed by atoms with van der Waals surface area (Å²) in [6.45, 7) is 5.48. The van der Waals surface area contributed by atoms with Crippen molar-refractivity contribution in [2.75, 3.05) is 18.4 Å². The van der Waals surface area contributed by atoms with E-state index in [2.05, 4.69) is 17.1 Å². The molecule has 1 fully saturated rings. The summed E-state index contributed by atoms with van der Waals surface area (Å²) in [6, 6.07) is 14.4. The second-order valence-electron chi connectivity index (χ2n) is 7.04. The topological polar surface area (TPSA) is 75.4 Å². The number of benzene rings is 2. The third kappa shape index (κ3) is 4.49. The van der Waals surface area contributed by atoms with E-state index in [0.29, 0.717) is 16.8 Å². The van der Waals surface area contributed by atoms with E-state index < -0.39 is 5.91 Å². The molecular formula is C21H25N3O2. The van der Waals surface area contributed by atoms with Gasteiger partial charge in [0.25, 0.3) is 11.8 Å². The quantitative estimate of drug-likeness (QED) is 0.868. The number of rotatable bonds is 5. The van der Waals surface area contributed by atoms with Crippen LogP contribution in [0.4, 0.5) is 5.69 Å². The summed E-state index contributed by atoms with van der Waals surface area (Å²) < 4.78 is 0. The maximum atomic E-state index is 12.5. The molecule has 1 atom stereocenters. The molecule has 0 aromatic heterocycles. The summed E-state index contributed by atoms with van der Waals surface area (Å²) in [4.78, 5) is 26.4. The number of para-hydroxylation sites is 1. The van der Waals surface area contributed by atoms with Crippen molar-refractivity contribution >= 4 is 17.5 Å². The maximum absolute atomic E-state index is 12.5. The third-order valence-corrected chi connectivity index (χ3v) is 4.80. The normalized spacial score (nSPS) is 17.7. The first-order chi connectivity index (χ1) is 12.5. The number of piperidine rings is 1. The van der Waals surface area contributed by atoms with Gasteiger partial charge in [-0.15, -0.1) is 0 Å². The number of hydrogen-bond acceptors (Lipinski definition) is 3. The predicted octanol–water partition coefficient (Wildman–Crippen LogP) is 3.27. The summed E-state index contributed by atoms with van der Waals surface area (Å²) in [5.41, 5.74) is 7.84. The highest BCUT2D eigenvalue weighted by Crippen LogP contribution is 2.19. The van der Waals surface area contributed by atoms with Gasteiger partial charge in [0.15, 0.2) is 0 Å². The lowest BCUT2D eigenvalue weighted by atomic mass is 9.99. The number of hydrogen-bond donors (Lipinski definition) is 2. The Balaban J connectivity index is 1.65. The molecule has 2 amide bonds. The first kappa shape index (κ1) is 18.1. The number of anilines is 1. The van der Waals surface area contributed by atoms with Crippen LogP contribution >= 0.6 is 0 Å². The molecule has 1 heterocycles. The van der Waals surface area contributed by atoms with Crippen molar-refractivity contribution in [2.24, 2.45) is 11.7 Å². The van der Waals surface area contributed by atoms with Crippen LogP contribution in [0.1, 0.15) is 46.0 Å². The van der Waals surface area contributed by atoms with E-state index in [1.807, 2.05) is 24.3 Å². The van der Waals surface area contributed by atoms with Crippen LogP contribution in [0.15, 0.2) is 48.5 Å². The van der Waals surface area contributed by atoms with Crippen LogP contribution < -0.4 is 11.1 Å². The lowest BCUT2D eigenvalue weighted by molar-refractivity contribution is 0.100. The van der Waals surface area contributed by atoms with Gasteiger partial charge in [-0.2, -0.15) is 0 Å². The highest BCUT2D eigenvalue weighted by Gasteiger charge is 2.16. The van der Waals surface area contributed by atoms with Crippen LogP contribution in [-0.2, 0) is 6.54 Å². The van der Waals surface area contributed by atoms with Crippen molar-refractivity contribution in [2.45, 2.75) is 26.3 Å². The van der Waals surface area contributed by atoms with Crippen LogP contribution in [0.2, 0.25) is 0 Å². The number of nitrogens with two attached hydrogens (primary N) is 1. The van der Waals surface area contributed by atoms with E-state index in [9.17, 15) is 9.59 Å². The van der Waals surface area contributed by atoms with Gasteiger partial charge in [-0.25, -0.2) is 0 Å². The molecule has 1 aliphatic rings. The minimum absolute atomic E-state index is 0.253. The first-order valence-electron chi connectivity index (χ1n) is 9.04. The molecule has 5 nitrogen and oxygen atoms in total. The van der Waals surface area contributed by atoms with Crippen LogP contribution in [-0.4, -0.2) is 29.8 Å². The van der Waals surface area contributed by atoms with E-state index in [0.717, 1.165) is 25.6 Å². The van der Waals surface area contributed by atoms with Crippen molar-refractivity contribution in [1.82, 2.24) is 4.90 Å². The number of likely N-dealkylation sites (tertiary alicyclic amines) is 1. The Labute approximate surface area is 154 Å². The van der Waals surface area contributed by atoms with Crippen LogP contribution in [0.5, 0.6) is 0 Å². The van der Waals surface area contributed by atoms with Gasteiger partial charge in [-0.3, -0.25) is 14.5 Å². The maximum Gasteiger partial charge on any atom is 0.255 e. The second-order valence-corrected chi connectivity index (χ2v) is 7.04. The van der Waals surface area contributed by atoms with Gasteiger partial charge < -0.3 is 11.1 Å². The van der Waals surface area contributed by atoms with Gasteiger partial charge in [0, 0.05) is 18.7 Å². The van der Waals surface area contributed by atoms with Crippen molar-refractivity contribution in [3.63, 3.8) is 0 Å². The molecule has 5 heteroatoms. The van der Waals surface area contributed by atoms with Gasteiger partial charge in [0.1, 0.15) is 0 Å². The molecule has 136 valence electrons. The van der Waals surface area contributed by atoms with Gasteiger partial charge >= 0.3 is 0 Å². The molecule has 0 bridgehead atoms. The predicted molar refractivity (Wildman–Crippen MR) is 103 cm³/mol. The zero-order valence-corrected chi connectivity index (χ0v) is 15.1. The Bertz CT molecular complexity index is 786. The Kier molecular flexibility index (Phi) is 5.68. The van der Waals surface area contributed by atoms with Gasteiger partial charge in [0.2, 0.25) is 0 Å². The molecule has 2 aromatic rings. The minimum atomic E-state index is -0.563. The van der Waals surface area contributed by atoms with E-state index in [1.165, 1.54) is 18.4 Å². The largest absolute Gasteiger partial charge is 0.366 e. The van der Waals surface area contributed by atoms with Crippen LogP contribution in [0, 0.1) is 5.92 Å². The molecule has 2 aromatic carbocycles. The van der Waals surface area contributed by atoms with Gasteiger partial charge in [-0.1, -0.05) is 31.2 Å². The average molecular weight is 351 g/mol. The van der Waals surface area contributed by atoms with E-state index >= 15 is 0 Å². The lowest BCUT2D eigenvalue weighted by Gasteiger charge is -2.30. The highest BCUT2D eigenvalue weighted by atomic mass is 16.2. The zero-order valence-electron chi connectivity index (χ0n) is 15.1. The van der Waals surface area contributed by atoms with E-state index in [1.54, 1.807) is 24.3 Å². The smallest absolute Gasteiger partial charge is 0.255 e. The van der Waals surface area contributed by atoms with Crippen molar-refractivity contribution in [1.29, 1.82) is 0 Å². The summed E-state index contributed by atoms with van der Waals surface area (Å²) in [5, 5.41) is 2.76. The molecule has 0 radical (unpaired) electrons. The fraction of sp³-hybridized carbons (Fsp3) is 0.333. The molecule has 1 saturated heterocycles. The van der Waals surface area contributed by atoms with E-state index in [-0.39, 0.29) is 5.91 Å². The molecule has 1 unspecified atom stereocenters. The first-order valence-corrected chi connectivity index (χ1v) is 9.04. The Hall–Kier alpha value is -2.66. The molecule has 0 saturated carbocycles. The number of carbonyl (C=O) groups excluding carboxylic acids is 2. The van der Waals surface area contributed by atoms with Crippen molar-refractivity contribution < 1.29 is 9.59 Å². The van der Waals surface area contributed by atoms with Crippen LogP contribution in [0.3, 0.4) is 0 Å².